The van der Waals surface area contributed by atoms with E-state index < -0.39 is 0 Å². The number of hydrogen-bond donors (Lipinski definition) is 0. The third-order valence-electron chi connectivity index (χ3n) is 2.16. The molecular weight excluding hydrogens is 148 g/mol. The molecule has 1 heteroatoms. The van der Waals surface area contributed by atoms with Crippen molar-refractivity contribution in [3.05, 3.63) is 41.5 Å². The first kappa shape index (κ1) is 9.01. The molecule has 0 saturated heterocycles. The SMILES string of the molecule is C=C(C[O])c1cccc(C)c1C. The van der Waals surface area contributed by atoms with Crippen LogP contribution in [0.15, 0.2) is 24.8 Å². The molecule has 1 rings (SSSR count). The third kappa shape index (κ3) is 1.56. The van der Waals surface area contributed by atoms with Crippen LogP contribution in [0, 0.1) is 13.8 Å². The van der Waals surface area contributed by atoms with Crippen LogP contribution in [0.25, 0.3) is 5.57 Å². The summed E-state index contributed by atoms with van der Waals surface area (Å²) in [5.41, 5.74) is 4.06. The molecule has 0 aromatic heterocycles. The van der Waals surface area contributed by atoms with Gasteiger partial charge < -0.3 is 0 Å². The highest BCUT2D eigenvalue weighted by Crippen LogP contribution is 2.19. The summed E-state index contributed by atoms with van der Waals surface area (Å²) in [5.74, 6) is 0. The van der Waals surface area contributed by atoms with Crippen LogP contribution >= 0.6 is 0 Å². The second-order valence-electron chi connectivity index (χ2n) is 3.00. The molecule has 0 N–H and O–H groups in total. The maximum absolute atomic E-state index is 10.6. The Morgan fingerprint density at radius 3 is 2.67 bits per heavy atom. The topological polar surface area (TPSA) is 19.9 Å². The molecule has 0 atom stereocenters. The van der Waals surface area contributed by atoms with Crippen LogP contribution < -0.4 is 0 Å². The van der Waals surface area contributed by atoms with Gasteiger partial charge in [-0.1, -0.05) is 24.8 Å². The molecule has 0 bridgehead atoms. The molecule has 0 unspecified atom stereocenters. The molecule has 0 aliphatic rings. The number of aryl methyl sites for hydroxylation is 1. The molecule has 0 amide bonds. The van der Waals surface area contributed by atoms with Crippen molar-refractivity contribution in [2.75, 3.05) is 6.61 Å². The fourth-order valence-corrected chi connectivity index (χ4v) is 1.21. The zero-order valence-corrected chi connectivity index (χ0v) is 7.55. The highest BCUT2D eigenvalue weighted by Gasteiger charge is 2.02. The molecule has 0 spiro atoms. The van der Waals surface area contributed by atoms with Crippen molar-refractivity contribution in [2.45, 2.75) is 13.8 Å². The van der Waals surface area contributed by atoms with Crippen LogP contribution in [0.5, 0.6) is 0 Å². The van der Waals surface area contributed by atoms with Crippen LogP contribution in [0.4, 0.5) is 0 Å². The standard InChI is InChI=1S/C11H13O/c1-8-5-4-6-11(10(8)3)9(2)7-12/h4-6H,2,7H2,1,3H3. The Hall–Kier alpha value is -1.08. The second kappa shape index (κ2) is 3.55. The second-order valence-corrected chi connectivity index (χ2v) is 3.00. The van der Waals surface area contributed by atoms with Gasteiger partial charge in [-0.2, -0.15) is 0 Å². The van der Waals surface area contributed by atoms with E-state index >= 15 is 0 Å². The normalized spacial score (nSPS) is 9.92. The Bertz CT molecular complexity index is 300. The lowest BCUT2D eigenvalue weighted by molar-refractivity contribution is 0.239. The van der Waals surface area contributed by atoms with Crippen molar-refractivity contribution < 1.29 is 5.11 Å². The molecule has 63 valence electrons. The van der Waals surface area contributed by atoms with E-state index in [1.165, 1.54) is 11.1 Å². The summed E-state index contributed by atoms with van der Waals surface area (Å²) in [4.78, 5) is 0. The largest absolute Gasteiger partial charge is 0.232 e. The van der Waals surface area contributed by atoms with Gasteiger partial charge in [-0.3, -0.25) is 0 Å². The van der Waals surface area contributed by atoms with Gasteiger partial charge in [-0.15, -0.1) is 0 Å². The number of benzene rings is 1. The first-order valence-corrected chi connectivity index (χ1v) is 3.99. The Balaban J connectivity index is 3.16. The minimum atomic E-state index is -0.218. The molecule has 1 radical (unpaired) electrons. The van der Waals surface area contributed by atoms with Gasteiger partial charge in [0.15, 0.2) is 0 Å². The Kier molecular flexibility index (Phi) is 2.66. The van der Waals surface area contributed by atoms with Crippen molar-refractivity contribution in [3.63, 3.8) is 0 Å². The van der Waals surface area contributed by atoms with E-state index in [0.29, 0.717) is 5.57 Å². The summed E-state index contributed by atoms with van der Waals surface area (Å²) >= 11 is 0. The van der Waals surface area contributed by atoms with E-state index in [1.807, 2.05) is 32.0 Å². The first-order chi connectivity index (χ1) is 5.66. The smallest absolute Gasteiger partial charge is 0.107 e. The van der Waals surface area contributed by atoms with E-state index in [0.717, 1.165) is 5.56 Å². The lowest BCUT2D eigenvalue weighted by atomic mass is 9.98. The molecule has 0 fully saturated rings. The quantitative estimate of drug-likeness (QED) is 0.635. The van der Waals surface area contributed by atoms with Crippen molar-refractivity contribution in [1.82, 2.24) is 0 Å². The highest BCUT2D eigenvalue weighted by atomic mass is 16.3. The number of hydrogen-bond acceptors (Lipinski definition) is 0. The predicted molar refractivity (Wildman–Crippen MR) is 50.5 cm³/mol. The molecule has 1 aromatic rings. The van der Waals surface area contributed by atoms with Gasteiger partial charge in [0.2, 0.25) is 0 Å². The first-order valence-electron chi connectivity index (χ1n) is 3.99. The van der Waals surface area contributed by atoms with Gasteiger partial charge in [0.1, 0.15) is 6.61 Å². The fourth-order valence-electron chi connectivity index (χ4n) is 1.21. The van der Waals surface area contributed by atoms with Gasteiger partial charge in [0, 0.05) is 0 Å². The van der Waals surface area contributed by atoms with Crippen molar-refractivity contribution >= 4 is 5.57 Å². The van der Waals surface area contributed by atoms with E-state index in [1.54, 1.807) is 0 Å². The summed E-state index contributed by atoms with van der Waals surface area (Å²) < 4.78 is 0. The Morgan fingerprint density at radius 2 is 2.08 bits per heavy atom. The fraction of sp³-hybridized carbons (Fsp3) is 0.273. The average Bonchev–Trinajstić information content (AvgIpc) is 2.08. The third-order valence-corrected chi connectivity index (χ3v) is 2.16. The Labute approximate surface area is 73.4 Å². The summed E-state index contributed by atoms with van der Waals surface area (Å²) in [6, 6.07) is 5.94. The molecule has 0 aliphatic carbocycles. The van der Waals surface area contributed by atoms with E-state index in [2.05, 4.69) is 6.58 Å². The van der Waals surface area contributed by atoms with Crippen LogP contribution in [0.2, 0.25) is 0 Å². The minimum absolute atomic E-state index is 0.218. The molecule has 1 nitrogen and oxygen atoms in total. The highest BCUT2D eigenvalue weighted by molar-refractivity contribution is 5.67. The summed E-state index contributed by atoms with van der Waals surface area (Å²) in [6.07, 6.45) is 0. The zero-order chi connectivity index (χ0) is 9.14. The van der Waals surface area contributed by atoms with E-state index in [9.17, 15) is 5.11 Å². The maximum Gasteiger partial charge on any atom is 0.107 e. The summed E-state index contributed by atoms with van der Waals surface area (Å²) in [7, 11) is 0. The molecule has 1 aromatic carbocycles. The average molecular weight is 161 g/mol. The van der Waals surface area contributed by atoms with Crippen LogP contribution in [0.1, 0.15) is 16.7 Å². The Morgan fingerprint density at radius 1 is 1.42 bits per heavy atom. The number of rotatable bonds is 2. The maximum atomic E-state index is 10.6. The molecule has 12 heavy (non-hydrogen) atoms. The van der Waals surface area contributed by atoms with Crippen LogP contribution in [-0.4, -0.2) is 6.61 Å². The van der Waals surface area contributed by atoms with Gasteiger partial charge in [0.25, 0.3) is 0 Å². The molecular formula is C11H13O. The van der Waals surface area contributed by atoms with Crippen molar-refractivity contribution in [1.29, 1.82) is 0 Å². The van der Waals surface area contributed by atoms with Gasteiger partial charge >= 0.3 is 0 Å². The van der Waals surface area contributed by atoms with Crippen molar-refractivity contribution in [2.24, 2.45) is 0 Å². The van der Waals surface area contributed by atoms with Gasteiger partial charge in [-0.25, -0.2) is 5.11 Å². The van der Waals surface area contributed by atoms with Crippen molar-refractivity contribution in [3.8, 4) is 0 Å². The van der Waals surface area contributed by atoms with Gasteiger partial charge in [0.05, 0.1) is 0 Å². The summed E-state index contributed by atoms with van der Waals surface area (Å²) in [6.45, 7) is 7.57. The zero-order valence-electron chi connectivity index (χ0n) is 7.55. The summed E-state index contributed by atoms with van der Waals surface area (Å²) in [5, 5.41) is 10.6. The van der Waals surface area contributed by atoms with Crippen LogP contribution in [-0.2, 0) is 5.11 Å². The predicted octanol–water partition coefficient (Wildman–Crippen LogP) is 2.75. The lowest BCUT2D eigenvalue weighted by Crippen LogP contribution is -1.92. The minimum Gasteiger partial charge on any atom is -0.232 e. The lowest BCUT2D eigenvalue weighted by Gasteiger charge is -2.07. The molecule has 0 heterocycles. The van der Waals surface area contributed by atoms with E-state index in [-0.39, 0.29) is 6.61 Å². The monoisotopic (exact) mass is 161 g/mol. The van der Waals surface area contributed by atoms with Crippen LogP contribution in [0.3, 0.4) is 0 Å². The van der Waals surface area contributed by atoms with E-state index in [4.69, 9.17) is 0 Å². The molecule has 0 aliphatic heterocycles. The molecule has 0 saturated carbocycles. The van der Waals surface area contributed by atoms with Gasteiger partial charge in [-0.05, 0) is 36.1 Å².